The number of Topliss-reactive ketones (excluding diaryl/α,β-unsaturated/α-hetero) is 1. The zero-order valence-electron chi connectivity index (χ0n) is 36.2. The fourth-order valence-electron chi connectivity index (χ4n) is 11.9. The third kappa shape index (κ3) is 20.7. The van der Waals surface area contributed by atoms with Gasteiger partial charge in [-0.3, -0.25) is 9.59 Å². The lowest BCUT2D eigenvalue weighted by molar-refractivity contribution is -0.144. The molecule has 63 heavy (non-hydrogen) atoms. The van der Waals surface area contributed by atoms with Crippen molar-refractivity contribution < 1.29 is 18.9 Å². The minimum absolute atomic E-state index is 0. The average molecular weight is 1140 g/mol. The van der Waals surface area contributed by atoms with Crippen molar-refractivity contribution in [2.24, 2.45) is 59.2 Å². The lowest BCUT2D eigenvalue weighted by Crippen LogP contribution is -2.32. The van der Waals surface area contributed by atoms with Crippen LogP contribution in [-0.2, 0) is 26.9 Å². The molecular weight excluding hydrogens is 1060 g/mol. The van der Waals surface area contributed by atoms with Gasteiger partial charge in [-0.05, 0) is 173 Å². The number of hydrogen-bond acceptors (Lipinski definition) is 3. The Hall–Kier alpha value is 0.672. The Morgan fingerprint density at radius 2 is 1.06 bits per heavy atom. The van der Waals surface area contributed by atoms with E-state index in [-0.39, 0.29) is 26.7 Å². The molecule has 7 rings (SSSR count). The molecule has 0 radical (unpaired) electrons. The lowest BCUT2D eigenvalue weighted by Gasteiger charge is -2.39. The van der Waals surface area contributed by atoms with Crippen LogP contribution < -0.4 is 0 Å². The summed E-state index contributed by atoms with van der Waals surface area (Å²) in [4.78, 5) is 24.8. The second-order valence-corrected chi connectivity index (χ2v) is 29.5. The van der Waals surface area contributed by atoms with Crippen LogP contribution in [0.3, 0.4) is 0 Å². The molecule has 2 aromatic carbocycles. The number of carboxylic acids is 1. The van der Waals surface area contributed by atoms with Crippen molar-refractivity contribution in [2.45, 2.75) is 170 Å². The molecule has 1 N–H and O–H groups in total. The number of ketones is 1. The zero-order chi connectivity index (χ0) is 44.5. The first-order chi connectivity index (χ1) is 29.2. The maximum Gasteiger partial charge on any atom is 0.643 e. The number of carboxylic acid groups (broad SMARTS) is 1. The monoisotopic (exact) mass is 1130 g/mol. The lowest BCUT2D eigenvalue weighted by atomic mass is 9.66. The highest BCUT2D eigenvalue weighted by molar-refractivity contribution is 9.10. The molecule has 4 fully saturated rings. The molecule has 0 bridgehead atoms. The molecule has 0 heterocycles. The van der Waals surface area contributed by atoms with Crippen molar-refractivity contribution in [2.75, 3.05) is 0 Å². The molecule has 2 aromatic rings. The van der Waals surface area contributed by atoms with E-state index in [9.17, 15) is 14.7 Å². The molecule has 358 valence electrons. The first kappa shape index (κ1) is 59.8. The summed E-state index contributed by atoms with van der Waals surface area (Å²) >= 11 is 5.26. The summed E-state index contributed by atoms with van der Waals surface area (Å²) in [7, 11) is 22.2. The number of rotatable bonds is 11. The van der Waals surface area contributed by atoms with Crippen LogP contribution in [0, 0.1) is 59.2 Å². The number of fused-ring (bicyclic) bond motifs is 1. The first-order valence-electron chi connectivity index (χ1n) is 23.1. The van der Waals surface area contributed by atoms with E-state index in [4.69, 9.17) is 34.4 Å². The standard InChI is InChI=1S/C24H35BrO2.C24H33BrO.2CH4.Al.Cl2OS.3ClH/c1-2-3-17-4-8-19(9-5-17)20-10-12-21(13-11-20)23(24(26)27)16-18-6-14-22(25)15-7-18;1-2-3-16-4-6-17(7-5-16)18-8-10-19(11-9-18)22-14-20-12-13-21(25)15-23(20)24(22)26;;;;1-4(2)3;;;/h6-7,14-15,17,19-21,23H,2-5,8-13,16H2,1H3,(H,26,27);12-13,15-19,22H,2-11,14H2,1H3;2*1H4;;;3*1H/q;;;;+3;;;;/p-3. The van der Waals surface area contributed by atoms with E-state index in [1.807, 2.05) is 18.2 Å². The van der Waals surface area contributed by atoms with E-state index < -0.39 is 26.6 Å². The van der Waals surface area contributed by atoms with Gasteiger partial charge < -0.3 is 5.11 Å². The average Bonchev–Trinajstić information content (AvgIpc) is 3.56. The van der Waals surface area contributed by atoms with Crippen molar-refractivity contribution in [3.8, 4) is 0 Å². The van der Waals surface area contributed by atoms with Crippen molar-refractivity contribution in [3.63, 3.8) is 0 Å². The maximum absolute atomic E-state index is 12.9. The Morgan fingerprint density at radius 3 is 1.48 bits per heavy atom. The van der Waals surface area contributed by atoms with E-state index >= 15 is 0 Å². The van der Waals surface area contributed by atoms with E-state index in [0.717, 1.165) is 74.8 Å². The second-order valence-electron chi connectivity index (χ2n) is 18.7. The largest absolute Gasteiger partial charge is 0.643 e. The van der Waals surface area contributed by atoms with E-state index in [1.165, 1.54) is 121 Å². The summed E-state index contributed by atoms with van der Waals surface area (Å²) in [5.74, 6) is 6.50. The quantitative estimate of drug-likeness (QED) is 0.180. The molecular formula is C50H76AlBr2Cl5O4S. The summed E-state index contributed by atoms with van der Waals surface area (Å²) in [5, 5.41) is 9.83. The molecule has 5 aliphatic carbocycles. The molecule has 2 unspecified atom stereocenters. The second kappa shape index (κ2) is 31.7. The van der Waals surface area contributed by atoms with E-state index in [2.05, 4.69) is 91.3 Å². The van der Waals surface area contributed by atoms with Gasteiger partial charge in [0.15, 0.2) is 5.78 Å². The van der Waals surface area contributed by atoms with E-state index in [0.29, 0.717) is 24.0 Å². The number of carbonyl (C=O) groups excluding carboxylic acids is 1. The van der Waals surface area contributed by atoms with Crippen LogP contribution in [0.1, 0.15) is 179 Å². The Balaban J connectivity index is 0.000000361. The Bertz CT molecular complexity index is 1620. The maximum atomic E-state index is 12.9. The number of halogens is 7. The van der Waals surface area contributed by atoms with Crippen molar-refractivity contribution in [1.29, 1.82) is 0 Å². The van der Waals surface area contributed by atoms with Crippen LogP contribution in [0.25, 0.3) is 0 Å². The minimum Gasteiger partial charge on any atom is -0.481 e. The summed E-state index contributed by atoms with van der Waals surface area (Å²) < 4.78 is 11.2. The predicted molar refractivity (Wildman–Crippen MR) is 283 cm³/mol. The molecule has 0 spiro atoms. The first-order valence-corrected chi connectivity index (χ1v) is 32.8. The molecule has 4 nitrogen and oxygen atoms in total. The van der Waals surface area contributed by atoms with Gasteiger partial charge in [-0.2, -0.15) is 0 Å². The van der Waals surface area contributed by atoms with Gasteiger partial charge in [0, 0.05) is 41.8 Å². The van der Waals surface area contributed by atoms with Crippen molar-refractivity contribution in [3.05, 3.63) is 68.1 Å². The van der Waals surface area contributed by atoms with Crippen molar-refractivity contribution in [1.82, 2.24) is 0 Å². The summed E-state index contributed by atoms with van der Waals surface area (Å²) in [5.41, 5.74) is 3.40. The number of hydrogen-bond donors (Lipinski definition) is 1. The third-order valence-corrected chi connectivity index (χ3v) is 16.1. The molecule has 2 atom stereocenters. The van der Waals surface area contributed by atoms with Crippen molar-refractivity contribution >= 4 is 116 Å². The van der Waals surface area contributed by atoms with Gasteiger partial charge in [-0.15, -0.1) is 0 Å². The zero-order valence-corrected chi connectivity index (χ0v) is 45.1. The van der Waals surface area contributed by atoms with Gasteiger partial charge in [-0.25, -0.2) is 34.4 Å². The Kier molecular flexibility index (Phi) is 30.1. The normalized spacial score (nSPS) is 28.2. The number of aliphatic carboxylic acids is 1. The highest BCUT2D eigenvalue weighted by Gasteiger charge is 2.40. The molecule has 0 aliphatic heterocycles. The van der Waals surface area contributed by atoms with Crippen LogP contribution >= 0.6 is 83.4 Å². The van der Waals surface area contributed by atoms with Crippen LogP contribution in [0.15, 0.2) is 51.4 Å². The van der Waals surface area contributed by atoms with Gasteiger partial charge in [-0.1, -0.05) is 130 Å². The van der Waals surface area contributed by atoms with Gasteiger partial charge in [0.25, 0.3) is 0 Å². The Morgan fingerprint density at radius 1 is 0.683 bits per heavy atom. The van der Waals surface area contributed by atoms with Gasteiger partial charge in [0.1, 0.15) is 0 Å². The highest BCUT2D eigenvalue weighted by atomic mass is 79.9. The van der Waals surface area contributed by atoms with Crippen LogP contribution in [-0.4, -0.2) is 32.5 Å². The number of benzene rings is 2. The molecule has 0 amide bonds. The summed E-state index contributed by atoms with van der Waals surface area (Å²) in [6.07, 6.45) is 28.8. The summed E-state index contributed by atoms with van der Waals surface area (Å²) in [6.45, 7) is 4.63. The molecule has 4 saturated carbocycles. The van der Waals surface area contributed by atoms with Gasteiger partial charge in [0.2, 0.25) is 9.23 Å². The van der Waals surface area contributed by atoms with Crippen LogP contribution in [0.2, 0.25) is 0 Å². The van der Waals surface area contributed by atoms with E-state index in [1.54, 1.807) is 0 Å². The van der Waals surface area contributed by atoms with Gasteiger partial charge in [0.05, 0.1) is 5.92 Å². The third-order valence-electron chi connectivity index (χ3n) is 15.1. The minimum atomic E-state index is -1.72. The SMILES string of the molecule is C.C.CCCC1CCC(C2CCC(C(Cc3ccc(Br)cc3)C(=O)O)CC2)CC1.CCCC1CCC(C2CCC(C3Cc4ccc(Br)cc4C3=O)CC2)CC1.O=S(Cl)Cl.[Cl][Al]([Cl])[Cl]. The topological polar surface area (TPSA) is 71.4 Å². The molecule has 0 aromatic heterocycles. The summed E-state index contributed by atoms with van der Waals surface area (Å²) in [6, 6.07) is 14.4. The van der Waals surface area contributed by atoms with Crippen LogP contribution in [0.4, 0.5) is 0 Å². The van der Waals surface area contributed by atoms with Crippen LogP contribution in [0.5, 0.6) is 0 Å². The molecule has 0 saturated heterocycles. The molecule has 13 heteroatoms. The predicted octanol–water partition coefficient (Wildman–Crippen LogP) is 18.3. The Labute approximate surface area is 427 Å². The molecule has 5 aliphatic rings. The smallest absolute Gasteiger partial charge is 0.481 e. The van der Waals surface area contributed by atoms with Gasteiger partial charge >= 0.3 is 17.4 Å². The number of carbonyl (C=O) groups is 2. The highest BCUT2D eigenvalue weighted by Crippen LogP contribution is 2.47. The fourth-order valence-corrected chi connectivity index (χ4v) is 12.6. The fraction of sp³-hybridized carbons (Fsp3) is 0.720.